The Hall–Kier alpha value is -1.43. The number of hydrogen-bond donors (Lipinski definition) is 0. The number of rotatable bonds is 8. The summed E-state index contributed by atoms with van der Waals surface area (Å²) < 4.78 is 15.6. The Morgan fingerprint density at radius 1 is 1.32 bits per heavy atom. The van der Waals surface area contributed by atoms with Gasteiger partial charge in [0.2, 0.25) is 11.7 Å². The van der Waals surface area contributed by atoms with Gasteiger partial charge in [-0.1, -0.05) is 18.5 Å². The third kappa shape index (κ3) is 4.31. The summed E-state index contributed by atoms with van der Waals surface area (Å²) in [6.45, 7) is 8.35. The highest BCUT2D eigenvalue weighted by Crippen LogP contribution is 2.22. The summed E-state index contributed by atoms with van der Waals surface area (Å²) in [7, 11) is 0. The fourth-order valence-corrected chi connectivity index (χ4v) is 1.67. The lowest BCUT2D eigenvalue weighted by molar-refractivity contribution is -0.145. The zero-order valence-electron chi connectivity index (χ0n) is 12.0. The van der Waals surface area contributed by atoms with Crippen molar-refractivity contribution in [2.24, 2.45) is 0 Å². The van der Waals surface area contributed by atoms with Crippen molar-refractivity contribution in [2.75, 3.05) is 13.2 Å². The predicted octanol–water partition coefficient (Wildman–Crippen LogP) is 2.61. The van der Waals surface area contributed by atoms with E-state index in [9.17, 15) is 4.79 Å². The molecule has 0 saturated carbocycles. The van der Waals surface area contributed by atoms with E-state index in [4.69, 9.17) is 14.0 Å². The molecule has 0 amide bonds. The molecule has 6 heteroatoms. The van der Waals surface area contributed by atoms with E-state index in [0.717, 1.165) is 12.8 Å². The monoisotopic (exact) mass is 270 g/mol. The summed E-state index contributed by atoms with van der Waals surface area (Å²) in [5, 5.41) is 3.90. The summed E-state index contributed by atoms with van der Waals surface area (Å²) in [5.41, 5.74) is 0. The second-order valence-corrected chi connectivity index (χ2v) is 4.20. The Balaban J connectivity index is 2.76. The Morgan fingerprint density at radius 3 is 2.63 bits per heavy atom. The van der Waals surface area contributed by atoms with Gasteiger partial charge in [0, 0.05) is 6.61 Å². The first kappa shape index (κ1) is 15.6. The molecule has 2 atom stereocenters. The van der Waals surface area contributed by atoms with E-state index in [1.165, 1.54) is 0 Å². The number of nitrogens with zero attached hydrogens (tertiary/aromatic N) is 2. The first-order valence-corrected chi connectivity index (χ1v) is 6.75. The number of carbonyl (C=O) groups is 1. The van der Waals surface area contributed by atoms with Gasteiger partial charge >= 0.3 is 5.97 Å². The molecular formula is C13H22N2O4. The van der Waals surface area contributed by atoms with Crippen LogP contribution in [0.4, 0.5) is 0 Å². The van der Waals surface area contributed by atoms with E-state index in [1.54, 1.807) is 13.8 Å². The third-order valence-corrected chi connectivity index (χ3v) is 2.67. The molecule has 0 radical (unpaired) electrons. The standard InChI is InChI=1S/C13H22N2O4/c1-5-8-10(17-6-2)11-14-12(19-15-11)9(4)13(16)18-7-3/h9-10H,5-8H2,1-4H3. The number of aromatic nitrogens is 2. The lowest BCUT2D eigenvalue weighted by Gasteiger charge is -2.11. The van der Waals surface area contributed by atoms with Crippen molar-refractivity contribution in [3.05, 3.63) is 11.7 Å². The van der Waals surface area contributed by atoms with Crippen LogP contribution in [0.5, 0.6) is 0 Å². The highest BCUT2D eigenvalue weighted by atomic mass is 16.5. The fourth-order valence-electron chi connectivity index (χ4n) is 1.67. The Labute approximate surface area is 113 Å². The minimum atomic E-state index is -0.551. The molecule has 1 aromatic rings. The van der Waals surface area contributed by atoms with Gasteiger partial charge in [0.25, 0.3) is 0 Å². The molecule has 19 heavy (non-hydrogen) atoms. The van der Waals surface area contributed by atoms with Gasteiger partial charge in [-0.25, -0.2) is 0 Å². The maximum absolute atomic E-state index is 11.6. The maximum atomic E-state index is 11.6. The molecule has 0 spiro atoms. The molecule has 0 aliphatic carbocycles. The molecule has 0 bridgehead atoms. The fraction of sp³-hybridized carbons (Fsp3) is 0.769. The molecule has 1 rings (SSSR count). The topological polar surface area (TPSA) is 74.5 Å². The van der Waals surface area contributed by atoms with Crippen molar-refractivity contribution in [3.8, 4) is 0 Å². The average Bonchev–Trinajstić information content (AvgIpc) is 2.87. The van der Waals surface area contributed by atoms with Crippen LogP contribution in [0.1, 0.15) is 64.3 Å². The van der Waals surface area contributed by atoms with Gasteiger partial charge in [0.15, 0.2) is 0 Å². The summed E-state index contributed by atoms with van der Waals surface area (Å²) in [6, 6.07) is 0. The number of esters is 1. The van der Waals surface area contributed by atoms with Gasteiger partial charge in [-0.15, -0.1) is 0 Å². The molecule has 2 unspecified atom stereocenters. The first-order chi connectivity index (χ1) is 9.13. The van der Waals surface area contributed by atoms with Crippen molar-refractivity contribution >= 4 is 5.97 Å². The van der Waals surface area contributed by atoms with Gasteiger partial charge in [-0.3, -0.25) is 4.79 Å². The van der Waals surface area contributed by atoms with Crippen LogP contribution in [0, 0.1) is 0 Å². The predicted molar refractivity (Wildman–Crippen MR) is 68.6 cm³/mol. The minimum Gasteiger partial charge on any atom is -0.465 e. The van der Waals surface area contributed by atoms with Gasteiger partial charge in [-0.05, 0) is 27.2 Å². The lowest BCUT2D eigenvalue weighted by atomic mass is 10.2. The van der Waals surface area contributed by atoms with Gasteiger partial charge in [0.05, 0.1) is 6.61 Å². The summed E-state index contributed by atoms with van der Waals surface area (Å²) in [5.74, 6) is -0.143. The normalized spacial score (nSPS) is 14.1. The van der Waals surface area contributed by atoms with Crippen LogP contribution in [-0.2, 0) is 14.3 Å². The Morgan fingerprint density at radius 2 is 2.05 bits per heavy atom. The molecule has 6 nitrogen and oxygen atoms in total. The number of hydrogen-bond acceptors (Lipinski definition) is 6. The smallest absolute Gasteiger partial charge is 0.318 e. The highest BCUT2D eigenvalue weighted by molar-refractivity contribution is 5.76. The maximum Gasteiger partial charge on any atom is 0.318 e. The molecule has 0 fully saturated rings. The van der Waals surface area contributed by atoms with Gasteiger partial charge in [-0.2, -0.15) is 4.98 Å². The largest absolute Gasteiger partial charge is 0.465 e. The van der Waals surface area contributed by atoms with E-state index in [-0.39, 0.29) is 18.0 Å². The molecule has 0 aromatic carbocycles. The molecular weight excluding hydrogens is 248 g/mol. The molecule has 108 valence electrons. The van der Waals surface area contributed by atoms with Crippen molar-refractivity contribution < 1.29 is 18.8 Å². The van der Waals surface area contributed by atoms with Crippen LogP contribution in [-0.4, -0.2) is 29.3 Å². The van der Waals surface area contributed by atoms with Crippen molar-refractivity contribution in [1.82, 2.24) is 10.1 Å². The molecule has 0 saturated heterocycles. The van der Waals surface area contributed by atoms with Crippen molar-refractivity contribution in [1.29, 1.82) is 0 Å². The van der Waals surface area contributed by atoms with E-state index in [0.29, 0.717) is 19.0 Å². The molecule has 1 heterocycles. The van der Waals surface area contributed by atoms with Crippen LogP contribution >= 0.6 is 0 Å². The SMILES string of the molecule is CCCC(OCC)c1noc(C(C)C(=O)OCC)n1. The quantitative estimate of drug-likeness (QED) is 0.676. The van der Waals surface area contributed by atoms with Gasteiger partial charge in [0.1, 0.15) is 12.0 Å². The number of ether oxygens (including phenoxy) is 2. The second kappa shape index (κ2) is 7.89. The summed E-state index contributed by atoms with van der Waals surface area (Å²) in [4.78, 5) is 15.8. The van der Waals surface area contributed by atoms with Gasteiger partial charge < -0.3 is 14.0 Å². The molecule has 0 N–H and O–H groups in total. The van der Waals surface area contributed by atoms with E-state index in [1.807, 2.05) is 6.92 Å². The number of carbonyl (C=O) groups excluding carboxylic acids is 1. The average molecular weight is 270 g/mol. The Bertz CT molecular complexity index is 386. The lowest BCUT2D eigenvalue weighted by Crippen LogP contribution is -2.13. The zero-order valence-corrected chi connectivity index (χ0v) is 12.0. The van der Waals surface area contributed by atoms with Crippen LogP contribution in [0.25, 0.3) is 0 Å². The van der Waals surface area contributed by atoms with Crippen LogP contribution in [0.3, 0.4) is 0 Å². The first-order valence-electron chi connectivity index (χ1n) is 6.75. The minimum absolute atomic E-state index is 0.179. The summed E-state index contributed by atoms with van der Waals surface area (Å²) in [6.07, 6.45) is 1.60. The van der Waals surface area contributed by atoms with Crippen molar-refractivity contribution in [2.45, 2.75) is 52.6 Å². The third-order valence-electron chi connectivity index (χ3n) is 2.67. The molecule has 1 aromatic heterocycles. The van der Waals surface area contributed by atoms with E-state index < -0.39 is 5.92 Å². The van der Waals surface area contributed by atoms with Crippen LogP contribution in [0.15, 0.2) is 4.52 Å². The Kier molecular flexibility index (Phi) is 6.49. The molecule has 0 aliphatic rings. The van der Waals surface area contributed by atoms with Crippen molar-refractivity contribution in [3.63, 3.8) is 0 Å². The van der Waals surface area contributed by atoms with E-state index in [2.05, 4.69) is 17.1 Å². The van der Waals surface area contributed by atoms with E-state index >= 15 is 0 Å². The molecule has 0 aliphatic heterocycles. The second-order valence-electron chi connectivity index (χ2n) is 4.20. The summed E-state index contributed by atoms with van der Waals surface area (Å²) >= 11 is 0. The zero-order chi connectivity index (χ0) is 14.3. The van der Waals surface area contributed by atoms with Crippen LogP contribution < -0.4 is 0 Å². The highest BCUT2D eigenvalue weighted by Gasteiger charge is 2.25. The van der Waals surface area contributed by atoms with Crippen LogP contribution in [0.2, 0.25) is 0 Å².